The highest BCUT2D eigenvalue weighted by Crippen LogP contribution is 2.20. The van der Waals surface area contributed by atoms with E-state index in [9.17, 15) is 4.79 Å². The van der Waals surface area contributed by atoms with Gasteiger partial charge in [-0.2, -0.15) is 5.10 Å². The summed E-state index contributed by atoms with van der Waals surface area (Å²) in [6, 6.07) is 2.05. The second kappa shape index (κ2) is 6.66. The highest BCUT2D eigenvalue weighted by atomic mass is 16.2. The average molecular weight is 317 g/mol. The monoisotopic (exact) mass is 317 g/mol. The molecule has 2 aromatic heterocycles. The van der Waals surface area contributed by atoms with Crippen LogP contribution >= 0.6 is 0 Å². The molecule has 0 unspecified atom stereocenters. The third-order valence-corrected chi connectivity index (χ3v) is 4.15. The summed E-state index contributed by atoms with van der Waals surface area (Å²) in [6.07, 6.45) is 1.89. The molecule has 0 aromatic carbocycles. The number of hydrogen-bond donors (Lipinski definition) is 2. The number of aromatic nitrogens is 3. The number of carbonyl (C=O) groups is 1. The van der Waals surface area contributed by atoms with Crippen molar-refractivity contribution in [2.24, 2.45) is 5.41 Å². The van der Waals surface area contributed by atoms with E-state index in [-0.39, 0.29) is 11.9 Å². The largest absolute Gasteiger partial charge is 0.356 e. The van der Waals surface area contributed by atoms with Crippen LogP contribution in [0.5, 0.6) is 0 Å². The highest BCUT2D eigenvalue weighted by Gasteiger charge is 2.27. The molecule has 2 rings (SSSR count). The fourth-order valence-corrected chi connectivity index (χ4v) is 2.60. The van der Waals surface area contributed by atoms with Crippen molar-refractivity contribution in [2.45, 2.75) is 47.6 Å². The van der Waals surface area contributed by atoms with E-state index in [2.05, 4.69) is 27.6 Å². The number of amides is 1. The van der Waals surface area contributed by atoms with Crippen LogP contribution in [0.2, 0.25) is 0 Å². The summed E-state index contributed by atoms with van der Waals surface area (Å²) in [5.74, 6) is 0.0627. The summed E-state index contributed by atoms with van der Waals surface area (Å²) in [7, 11) is 0. The van der Waals surface area contributed by atoms with E-state index < -0.39 is 5.41 Å². The molecule has 0 spiro atoms. The summed E-state index contributed by atoms with van der Waals surface area (Å²) in [6.45, 7) is 13.2. The molecule has 23 heavy (non-hydrogen) atoms. The Morgan fingerprint density at radius 3 is 2.74 bits per heavy atom. The maximum Gasteiger partial charge on any atom is 0.226 e. The van der Waals surface area contributed by atoms with Gasteiger partial charge in [0.2, 0.25) is 5.91 Å². The molecule has 0 aliphatic carbocycles. The maximum absolute atomic E-state index is 12.1. The van der Waals surface area contributed by atoms with Gasteiger partial charge in [-0.3, -0.25) is 4.79 Å². The lowest BCUT2D eigenvalue weighted by atomic mass is 9.91. The zero-order valence-electron chi connectivity index (χ0n) is 14.9. The highest BCUT2D eigenvalue weighted by molar-refractivity contribution is 5.81. The molecule has 0 aliphatic rings. The number of carbonyl (C=O) groups excluding carboxylic acids is 1. The molecule has 0 bridgehead atoms. The van der Waals surface area contributed by atoms with Crippen molar-refractivity contribution in [2.75, 3.05) is 13.1 Å². The standard InChI is InChI=1S/C17H27N5O/c1-7-18-16(23)17(5,6)10-20-12(3)14-9-19-15-8-11(2)21-22(15)13(14)4/h8-9,12,20H,7,10H2,1-6H3,(H,18,23)/t12-/m0/s1. The number of rotatable bonds is 6. The Morgan fingerprint density at radius 1 is 1.39 bits per heavy atom. The minimum atomic E-state index is -0.460. The van der Waals surface area contributed by atoms with Crippen LogP contribution in [0, 0.1) is 19.3 Å². The average Bonchev–Trinajstić information content (AvgIpc) is 2.87. The molecule has 6 nitrogen and oxygen atoms in total. The van der Waals surface area contributed by atoms with Crippen molar-refractivity contribution in [3.05, 3.63) is 29.2 Å². The summed E-state index contributed by atoms with van der Waals surface area (Å²) in [4.78, 5) is 16.6. The van der Waals surface area contributed by atoms with Gasteiger partial charge in [-0.1, -0.05) is 0 Å². The van der Waals surface area contributed by atoms with Gasteiger partial charge in [0.1, 0.15) is 0 Å². The molecule has 0 fully saturated rings. The van der Waals surface area contributed by atoms with E-state index in [4.69, 9.17) is 0 Å². The van der Waals surface area contributed by atoms with Gasteiger partial charge in [-0.05, 0) is 41.5 Å². The van der Waals surface area contributed by atoms with E-state index in [0.29, 0.717) is 13.1 Å². The van der Waals surface area contributed by atoms with Crippen LogP contribution in [-0.2, 0) is 4.79 Å². The number of nitrogens with one attached hydrogen (secondary N) is 2. The molecule has 2 N–H and O–H groups in total. The van der Waals surface area contributed by atoms with E-state index in [0.717, 1.165) is 22.6 Å². The van der Waals surface area contributed by atoms with Crippen LogP contribution in [0.25, 0.3) is 5.65 Å². The predicted molar refractivity (Wildman–Crippen MR) is 91.3 cm³/mol. The zero-order valence-corrected chi connectivity index (χ0v) is 14.9. The number of fused-ring (bicyclic) bond motifs is 1. The molecule has 126 valence electrons. The van der Waals surface area contributed by atoms with Gasteiger partial charge in [-0.15, -0.1) is 0 Å². The first-order valence-electron chi connectivity index (χ1n) is 8.10. The topological polar surface area (TPSA) is 71.3 Å². The van der Waals surface area contributed by atoms with Crippen molar-refractivity contribution >= 4 is 11.6 Å². The quantitative estimate of drug-likeness (QED) is 0.856. The summed E-state index contributed by atoms with van der Waals surface area (Å²) in [5, 5.41) is 10.8. The molecule has 0 aliphatic heterocycles. The molecule has 0 saturated heterocycles. The first kappa shape index (κ1) is 17.4. The number of nitrogens with zero attached hydrogens (tertiary/aromatic N) is 3. The summed E-state index contributed by atoms with van der Waals surface area (Å²) < 4.78 is 1.87. The second-order valence-corrected chi connectivity index (χ2v) is 6.70. The molecular weight excluding hydrogens is 290 g/mol. The maximum atomic E-state index is 12.1. The molecular formula is C17H27N5O. The fourth-order valence-electron chi connectivity index (χ4n) is 2.60. The van der Waals surface area contributed by atoms with Crippen LogP contribution < -0.4 is 10.6 Å². The minimum Gasteiger partial charge on any atom is -0.356 e. The third kappa shape index (κ3) is 3.69. The van der Waals surface area contributed by atoms with Gasteiger partial charge in [0.05, 0.1) is 11.1 Å². The van der Waals surface area contributed by atoms with Crippen molar-refractivity contribution in [1.29, 1.82) is 0 Å². The lowest BCUT2D eigenvalue weighted by molar-refractivity contribution is -0.129. The van der Waals surface area contributed by atoms with Crippen molar-refractivity contribution < 1.29 is 4.79 Å². The van der Waals surface area contributed by atoms with Crippen LogP contribution in [0.4, 0.5) is 0 Å². The van der Waals surface area contributed by atoms with E-state index >= 15 is 0 Å². The lowest BCUT2D eigenvalue weighted by Gasteiger charge is -2.26. The Hall–Kier alpha value is -1.95. The molecule has 0 saturated carbocycles. The fraction of sp³-hybridized carbons (Fsp3) is 0.588. The van der Waals surface area contributed by atoms with Crippen molar-refractivity contribution in [1.82, 2.24) is 25.2 Å². The van der Waals surface area contributed by atoms with Crippen LogP contribution in [0.1, 0.15) is 50.7 Å². The van der Waals surface area contributed by atoms with Gasteiger partial charge in [0.25, 0.3) is 0 Å². The Labute approximate surface area is 137 Å². The van der Waals surface area contributed by atoms with Crippen LogP contribution in [0.3, 0.4) is 0 Å². The Kier molecular flexibility index (Phi) is 5.04. The van der Waals surface area contributed by atoms with Crippen molar-refractivity contribution in [3.63, 3.8) is 0 Å². The summed E-state index contributed by atoms with van der Waals surface area (Å²) >= 11 is 0. The zero-order chi connectivity index (χ0) is 17.2. The second-order valence-electron chi connectivity index (χ2n) is 6.70. The van der Waals surface area contributed by atoms with Gasteiger partial charge >= 0.3 is 0 Å². The molecule has 2 heterocycles. The van der Waals surface area contributed by atoms with Gasteiger partial charge in [0.15, 0.2) is 5.65 Å². The van der Waals surface area contributed by atoms with Crippen LogP contribution in [0.15, 0.2) is 12.3 Å². The van der Waals surface area contributed by atoms with Crippen LogP contribution in [-0.4, -0.2) is 33.6 Å². The summed E-state index contributed by atoms with van der Waals surface area (Å²) in [5.41, 5.74) is 3.51. The SMILES string of the molecule is CCNC(=O)C(C)(C)CN[C@@H](C)c1cnc2cc(C)nn2c1C. The predicted octanol–water partition coefficient (Wildman–Crippen LogP) is 2.16. The lowest BCUT2D eigenvalue weighted by Crippen LogP contribution is -2.44. The van der Waals surface area contributed by atoms with Gasteiger partial charge in [0, 0.05) is 42.7 Å². The first-order chi connectivity index (χ1) is 10.8. The minimum absolute atomic E-state index is 0.0627. The van der Waals surface area contributed by atoms with E-state index in [1.807, 2.05) is 51.4 Å². The normalized spacial score (nSPS) is 13.3. The first-order valence-corrected chi connectivity index (χ1v) is 8.10. The molecule has 1 amide bonds. The Balaban J connectivity index is 2.13. The number of aryl methyl sites for hydroxylation is 2. The number of hydrogen-bond acceptors (Lipinski definition) is 4. The third-order valence-electron chi connectivity index (χ3n) is 4.15. The smallest absolute Gasteiger partial charge is 0.226 e. The van der Waals surface area contributed by atoms with E-state index in [1.165, 1.54) is 0 Å². The van der Waals surface area contributed by atoms with E-state index in [1.54, 1.807) is 0 Å². The molecule has 6 heteroatoms. The van der Waals surface area contributed by atoms with Crippen molar-refractivity contribution in [3.8, 4) is 0 Å². The van der Waals surface area contributed by atoms with Gasteiger partial charge in [-0.25, -0.2) is 9.50 Å². The molecule has 0 radical (unpaired) electrons. The molecule has 2 aromatic rings. The molecule has 1 atom stereocenters. The van der Waals surface area contributed by atoms with Gasteiger partial charge < -0.3 is 10.6 Å². The Morgan fingerprint density at radius 2 is 2.09 bits per heavy atom. The Bertz CT molecular complexity index is 704.